The molecule has 0 radical (unpaired) electrons. The summed E-state index contributed by atoms with van der Waals surface area (Å²) in [6.45, 7) is 5.65. The molecule has 4 nitrogen and oxygen atoms in total. The predicted molar refractivity (Wildman–Crippen MR) is 79.8 cm³/mol. The first kappa shape index (κ1) is 19.4. The predicted octanol–water partition coefficient (Wildman–Crippen LogP) is 3.65. The second-order valence-corrected chi connectivity index (χ2v) is 5.25. The molecule has 5 heteroatoms. The molecular weight excluding hydrogens is 310 g/mol. The molecule has 2 rings (SSSR count). The zero-order valence-electron chi connectivity index (χ0n) is 12.4. The maximum absolute atomic E-state index is 11.2. The smallest absolute Gasteiger partial charge is 0.444 e. The van der Waals surface area contributed by atoms with Crippen LogP contribution in [0.1, 0.15) is 26.3 Å². The van der Waals surface area contributed by atoms with Gasteiger partial charge in [-0.15, -0.1) is 11.6 Å². The minimum absolute atomic E-state index is 0. The quantitative estimate of drug-likeness (QED) is 0.652. The third-order valence-electron chi connectivity index (χ3n) is 2.22. The van der Waals surface area contributed by atoms with E-state index in [4.69, 9.17) is 9.84 Å². The van der Waals surface area contributed by atoms with Gasteiger partial charge in [0.15, 0.2) is 0 Å². The number of rotatable bonds is 2. The molecule has 0 atom stereocenters. The Kier molecular flexibility index (Phi) is 8.70. The van der Waals surface area contributed by atoms with Gasteiger partial charge >= 0.3 is 23.2 Å². The minimum Gasteiger partial charge on any atom is -0.444 e. The van der Waals surface area contributed by atoms with E-state index in [2.05, 4.69) is 5.32 Å². The average molecular weight is 331 g/mol. The first-order chi connectivity index (χ1) is 9.40. The Morgan fingerprint density at radius 1 is 1.24 bits per heavy atom. The molecule has 0 bridgehead atoms. The number of amides is 1. The second kappa shape index (κ2) is 9.40. The summed E-state index contributed by atoms with van der Waals surface area (Å²) < 4.78 is 5.06. The van der Waals surface area contributed by atoms with Crippen LogP contribution < -0.4 is 5.32 Å². The van der Waals surface area contributed by atoms with Crippen LogP contribution in [0, 0.1) is 0 Å². The van der Waals surface area contributed by atoms with Crippen LogP contribution in [-0.4, -0.2) is 16.8 Å². The van der Waals surface area contributed by atoms with E-state index in [1.165, 1.54) is 0 Å². The molecule has 0 fully saturated rings. The molecular formula is C16H21FeNO3. The average Bonchev–Trinajstić information content (AvgIpc) is 2.98. The van der Waals surface area contributed by atoms with Crippen molar-refractivity contribution in [3.05, 3.63) is 54.1 Å². The van der Waals surface area contributed by atoms with Gasteiger partial charge in [0, 0.05) is 6.61 Å². The number of aliphatic hydroxyl groups excluding tert-OH is 1. The van der Waals surface area contributed by atoms with Crippen molar-refractivity contribution >= 4 is 11.8 Å². The standard InChI is InChI=1S/C10H14NO2.C6H7O.Fe/c1-10(2,3)13-9(12)11-8-6-4-5-7-8;7-5-6-3-1-2-4-6;/h4-7H,1-3H3,(H,11,12);1-4,7H,5H2;/q2*-1;+2. The van der Waals surface area contributed by atoms with E-state index in [9.17, 15) is 4.79 Å². The number of carbonyl (C=O) groups is 1. The molecule has 0 saturated carbocycles. The van der Waals surface area contributed by atoms with E-state index < -0.39 is 11.7 Å². The summed E-state index contributed by atoms with van der Waals surface area (Å²) in [7, 11) is 0. The summed E-state index contributed by atoms with van der Waals surface area (Å²) in [6.07, 6.45) is -0.418. The van der Waals surface area contributed by atoms with Gasteiger partial charge in [0.25, 0.3) is 0 Å². The first-order valence-corrected chi connectivity index (χ1v) is 6.44. The number of carbonyl (C=O) groups excluding carboxylic acids is 1. The van der Waals surface area contributed by atoms with Crippen molar-refractivity contribution in [3.8, 4) is 0 Å². The third-order valence-corrected chi connectivity index (χ3v) is 2.22. The van der Waals surface area contributed by atoms with Crippen LogP contribution in [0.4, 0.5) is 10.5 Å². The maximum atomic E-state index is 11.2. The van der Waals surface area contributed by atoms with Gasteiger partial charge in [-0.25, -0.2) is 23.0 Å². The SMILES string of the molecule is CC(C)(C)OC(=O)Nc1ccc[cH-]1.OCc1ccc[cH-]1.[Fe+2]. The molecule has 0 saturated heterocycles. The van der Waals surface area contributed by atoms with Gasteiger partial charge in [-0.3, -0.25) is 0 Å². The van der Waals surface area contributed by atoms with Crippen LogP contribution in [0.25, 0.3) is 0 Å². The minimum atomic E-state index is -0.448. The van der Waals surface area contributed by atoms with E-state index in [0.717, 1.165) is 11.3 Å². The summed E-state index contributed by atoms with van der Waals surface area (Å²) in [6, 6.07) is 14.9. The summed E-state index contributed by atoms with van der Waals surface area (Å²) in [5, 5.41) is 11.0. The van der Waals surface area contributed by atoms with E-state index in [1.54, 1.807) is 0 Å². The molecule has 0 aromatic heterocycles. The van der Waals surface area contributed by atoms with Crippen molar-refractivity contribution in [1.82, 2.24) is 0 Å². The topological polar surface area (TPSA) is 58.6 Å². The molecule has 21 heavy (non-hydrogen) atoms. The molecule has 1 amide bonds. The van der Waals surface area contributed by atoms with Crippen LogP contribution in [0.3, 0.4) is 0 Å². The van der Waals surface area contributed by atoms with Crippen LogP contribution in [-0.2, 0) is 28.4 Å². The fraction of sp³-hybridized carbons (Fsp3) is 0.312. The zero-order valence-corrected chi connectivity index (χ0v) is 13.5. The van der Waals surface area contributed by atoms with Gasteiger partial charge in [-0.05, 0) is 20.8 Å². The number of hydrogen-bond acceptors (Lipinski definition) is 3. The van der Waals surface area contributed by atoms with E-state index in [-0.39, 0.29) is 23.7 Å². The van der Waals surface area contributed by atoms with Crippen LogP contribution >= 0.6 is 0 Å². The zero-order chi connectivity index (χ0) is 15.0. The van der Waals surface area contributed by atoms with Gasteiger partial charge in [0.2, 0.25) is 0 Å². The summed E-state index contributed by atoms with van der Waals surface area (Å²) in [5.41, 5.74) is 1.30. The number of aliphatic hydroxyl groups is 1. The Balaban J connectivity index is 0.000000425. The Hall–Kier alpha value is -1.55. The molecule has 2 aromatic rings. The Morgan fingerprint density at radius 2 is 1.86 bits per heavy atom. The monoisotopic (exact) mass is 331 g/mol. The number of hydrogen-bond donors (Lipinski definition) is 2. The van der Waals surface area contributed by atoms with Crippen LogP contribution in [0.5, 0.6) is 0 Å². The second-order valence-electron chi connectivity index (χ2n) is 5.25. The molecule has 0 aliphatic heterocycles. The summed E-state index contributed by atoms with van der Waals surface area (Å²) in [5.74, 6) is 0. The van der Waals surface area contributed by atoms with Crippen molar-refractivity contribution < 1.29 is 31.7 Å². The van der Waals surface area contributed by atoms with Gasteiger partial charge < -0.3 is 15.2 Å². The Labute approximate surface area is 136 Å². The number of anilines is 1. The molecule has 2 aromatic carbocycles. The molecule has 0 heterocycles. The largest absolute Gasteiger partial charge is 2.00 e. The van der Waals surface area contributed by atoms with Crippen molar-refractivity contribution in [3.63, 3.8) is 0 Å². The molecule has 0 aliphatic rings. The first-order valence-electron chi connectivity index (χ1n) is 6.44. The molecule has 116 valence electrons. The Morgan fingerprint density at radius 3 is 2.24 bits per heavy atom. The maximum Gasteiger partial charge on any atom is 2.00 e. The normalized spacial score (nSPS) is 9.90. The van der Waals surface area contributed by atoms with Crippen molar-refractivity contribution in [2.75, 3.05) is 5.32 Å². The molecule has 0 spiro atoms. The fourth-order valence-corrected chi connectivity index (χ4v) is 1.40. The number of ether oxygens (including phenoxy) is 1. The van der Waals surface area contributed by atoms with Gasteiger partial charge in [0.1, 0.15) is 5.60 Å². The molecule has 0 unspecified atom stereocenters. The van der Waals surface area contributed by atoms with Crippen molar-refractivity contribution in [1.29, 1.82) is 0 Å². The third kappa shape index (κ3) is 9.08. The van der Waals surface area contributed by atoms with Crippen molar-refractivity contribution in [2.45, 2.75) is 33.0 Å². The number of nitrogens with one attached hydrogen (secondary N) is 1. The summed E-state index contributed by atoms with van der Waals surface area (Å²) in [4.78, 5) is 11.2. The molecule has 0 aliphatic carbocycles. The molecule has 2 N–H and O–H groups in total. The fourth-order valence-electron chi connectivity index (χ4n) is 1.40. The van der Waals surface area contributed by atoms with Crippen LogP contribution in [0.2, 0.25) is 0 Å². The summed E-state index contributed by atoms with van der Waals surface area (Å²) >= 11 is 0. The van der Waals surface area contributed by atoms with Crippen molar-refractivity contribution in [2.24, 2.45) is 0 Å². The van der Waals surface area contributed by atoms with Crippen LogP contribution in [0.15, 0.2) is 48.5 Å². The van der Waals surface area contributed by atoms with Gasteiger partial charge in [-0.2, -0.15) is 24.3 Å². The van der Waals surface area contributed by atoms with Gasteiger partial charge in [-0.1, -0.05) is 5.69 Å². The van der Waals surface area contributed by atoms with Gasteiger partial charge in [0.05, 0.1) is 0 Å². The van der Waals surface area contributed by atoms with E-state index in [1.807, 2.05) is 69.3 Å². The van der Waals surface area contributed by atoms with E-state index in [0.29, 0.717) is 0 Å². The Bertz CT molecular complexity index is 484. The van der Waals surface area contributed by atoms with E-state index >= 15 is 0 Å².